The molecule has 1 aromatic heterocycles. The van der Waals surface area contributed by atoms with Gasteiger partial charge in [0.2, 0.25) is 0 Å². The Morgan fingerprint density at radius 2 is 2.41 bits per heavy atom. The summed E-state index contributed by atoms with van der Waals surface area (Å²) in [7, 11) is 1.79. The van der Waals surface area contributed by atoms with E-state index in [2.05, 4.69) is 16.5 Å². The number of alkyl halides is 1. The topological polar surface area (TPSA) is 39.9 Å². The monoisotopic (exact) mass is 257 g/mol. The average molecular weight is 258 g/mol. The Morgan fingerprint density at radius 3 is 3.18 bits per heavy atom. The van der Waals surface area contributed by atoms with Crippen LogP contribution in [-0.2, 0) is 11.2 Å². The minimum absolute atomic E-state index is 0.379. The van der Waals surface area contributed by atoms with Crippen molar-refractivity contribution in [3.8, 4) is 0 Å². The molecule has 0 saturated heterocycles. The second kappa shape index (κ2) is 6.36. The van der Waals surface area contributed by atoms with Gasteiger partial charge in [0.1, 0.15) is 0 Å². The first kappa shape index (κ1) is 12.8. The molecule has 0 amide bonds. The van der Waals surface area contributed by atoms with Crippen molar-refractivity contribution in [3.05, 3.63) is 11.9 Å². The van der Waals surface area contributed by atoms with Crippen LogP contribution in [0.5, 0.6) is 0 Å². The summed E-state index contributed by atoms with van der Waals surface area (Å²) in [6, 6.07) is 0.450. The van der Waals surface area contributed by atoms with Crippen LogP contribution in [0.1, 0.15) is 43.8 Å². The highest BCUT2D eigenvalue weighted by Gasteiger charge is 2.23. The molecule has 0 spiro atoms. The summed E-state index contributed by atoms with van der Waals surface area (Å²) in [6.07, 6.45) is 8.93. The number of rotatable bonds is 5. The van der Waals surface area contributed by atoms with Crippen LogP contribution >= 0.6 is 11.6 Å². The Hall–Kier alpha value is -0.610. The normalized spacial score (nSPS) is 25.1. The lowest BCUT2D eigenvalue weighted by Crippen LogP contribution is -2.24. The van der Waals surface area contributed by atoms with E-state index in [4.69, 9.17) is 16.3 Å². The highest BCUT2D eigenvalue weighted by Crippen LogP contribution is 2.29. The summed E-state index contributed by atoms with van der Waals surface area (Å²) in [5.74, 6) is 0.683. The molecule has 2 rings (SSSR count). The molecule has 1 aliphatic carbocycles. The molecule has 1 aliphatic rings. The Bertz CT molecular complexity index is 342. The van der Waals surface area contributed by atoms with Crippen LogP contribution in [0.4, 0.5) is 0 Å². The summed E-state index contributed by atoms with van der Waals surface area (Å²) < 4.78 is 7.44. The molecule has 1 heterocycles. The summed E-state index contributed by atoms with van der Waals surface area (Å²) >= 11 is 5.67. The quantitative estimate of drug-likeness (QED) is 0.762. The molecule has 17 heavy (non-hydrogen) atoms. The zero-order valence-corrected chi connectivity index (χ0v) is 11.1. The van der Waals surface area contributed by atoms with Gasteiger partial charge >= 0.3 is 0 Å². The number of aryl methyl sites for hydroxylation is 1. The Balaban J connectivity index is 1.94. The third-order valence-corrected chi connectivity index (χ3v) is 3.70. The van der Waals surface area contributed by atoms with E-state index in [-0.39, 0.29) is 0 Å². The van der Waals surface area contributed by atoms with Crippen molar-refractivity contribution in [2.24, 2.45) is 0 Å². The van der Waals surface area contributed by atoms with Crippen molar-refractivity contribution in [1.29, 1.82) is 0 Å². The van der Waals surface area contributed by atoms with E-state index in [0.29, 0.717) is 18.0 Å². The largest absolute Gasteiger partial charge is 0.381 e. The SMILES string of the molecule is COC1CCCC(n2cc(CCCCl)nn2)C1. The smallest absolute Gasteiger partial charge is 0.0827 e. The fourth-order valence-electron chi connectivity index (χ4n) is 2.43. The maximum atomic E-state index is 5.67. The molecule has 1 saturated carbocycles. The molecule has 96 valence electrons. The van der Waals surface area contributed by atoms with E-state index in [1.165, 1.54) is 19.3 Å². The van der Waals surface area contributed by atoms with Crippen molar-refractivity contribution in [1.82, 2.24) is 15.0 Å². The number of hydrogen-bond donors (Lipinski definition) is 0. The first-order chi connectivity index (χ1) is 8.33. The van der Waals surface area contributed by atoms with Crippen LogP contribution in [0.25, 0.3) is 0 Å². The van der Waals surface area contributed by atoms with E-state index in [0.717, 1.165) is 25.0 Å². The summed E-state index contributed by atoms with van der Waals surface area (Å²) in [4.78, 5) is 0. The highest BCUT2D eigenvalue weighted by atomic mass is 35.5. The number of ether oxygens (including phenoxy) is 1. The van der Waals surface area contributed by atoms with Gasteiger partial charge in [0, 0.05) is 19.2 Å². The molecule has 4 nitrogen and oxygen atoms in total. The van der Waals surface area contributed by atoms with Crippen molar-refractivity contribution in [2.75, 3.05) is 13.0 Å². The van der Waals surface area contributed by atoms with Gasteiger partial charge in [-0.25, -0.2) is 4.68 Å². The molecular formula is C12H20ClN3O. The van der Waals surface area contributed by atoms with Gasteiger partial charge < -0.3 is 4.74 Å². The predicted octanol–water partition coefficient (Wildman–Crippen LogP) is 2.58. The minimum Gasteiger partial charge on any atom is -0.381 e. The number of methoxy groups -OCH3 is 1. The van der Waals surface area contributed by atoms with Gasteiger partial charge in [0.25, 0.3) is 0 Å². The zero-order valence-electron chi connectivity index (χ0n) is 10.3. The lowest BCUT2D eigenvalue weighted by Gasteiger charge is -2.27. The highest BCUT2D eigenvalue weighted by molar-refractivity contribution is 6.17. The number of nitrogens with zero attached hydrogens (tertiary/aromatic N) is 3. The lowest BCUT2D eigenvalue weighted by molar-refractivity contribution is 0.0504. The minimum atomic E-state index is 0.379. The van der Waals surface area contributed by atoms with Gasteiger partial charge in [0.05, 0.1) is 17.8 Å². The van der Waals surface area contributed by atoms with Gasteiger partial charge in [-0.1, -0.05) is 5.21 Å². The lowest BCUT2D eigenvalue weighted by atomic mass is 9.93. The molecule has 2 unspecified atom stereocenters. The van der Waals surface area contributed by atoms with E-state index >= 15 is 0 Å². The second-order valence-electron chi connectivity index (χ2n) is 4.66. The van der Waals surface area contributed by atoms with E-state index in [9.17, 15) is 0 Å². The first-order valence-corrected chi connectivity index (χ1v) is 6.86. The van der Waals surface area contributed by atoms with Crippen LogP contribution in [0.2, 0.25) is 0 Å². The molecular weight excluding hydrogens is 238 g/mol. The molecule has 5 heteroatoms. The molecule has 0 bridgehead atoms. The van der Waals surface area contributed by atoms with Crippen molar-refractivity contribution in [3.63, 3.8) is 0 Å². The molecule has 0 aromatic carbocycles. The van der Waals surface area contributed by atoms with E-state index in [1.54, 1.807) is 7.11 Å². The zero-order chi connectivity index (χ0) is 12.1. The molecule has 0 radical (unpaired) electrons. The molecule has 1 aromatic rings. The fraction of sp³-hybridized carbons (Fsp3) is 0.833. The fourth-order valence-corrected chi connectivity index (χ4v) is 2.56. The Labute approximate surface area is 107 Å². The summed E-state index contributed by atoms with van der Waals surface area (Å²) in [5.41, 5.74) is 1.05. The van der Waals surface area contributed by atoms with E-state index in [1.807, 2.05) is 4.68 Å². The number of halogens is 1. The maximum Gasteiger partial charge on any atom is 0.0827 e. The maximum absolute atomic E-state index is 5.67. The van der Waals surface area contributed by atoms with Crippen LogP contribution < -0.4 is 0 Å². The van der Waals surface area contributed by atoms with Gasteiger partial charge in [0.15, 0.2) is 0 Å². The number of hydrogen-bond acceptors (Lipinski definition) is 3. The van der Waals surface area contributed by atoms with Crippen LogP contribution in [0.3, 0.4) is 0 Å². The predicted molar refractivity (Wildman–Crippen MR) is 67.4 cm³/mol. The molecule has 0 aliphatic heterocycles. The second-order valence-corrected chi connectivity index (χ2v) is 5.04. The summed E-state index contributed by atoms with van der Waals surface area (Å²) in [5, 5.41) is 8.42. The van der Waals surface area contributed by atoms with Gasteiger partial charge in [-0.15, -0.1) is 16.7 Å². The average Bonchev–Trinajstić information content (AvgIpc) is 2.85. The third-order valence-electron chi connectivity index (χ3n) is 3.43. The Morgan fingerprint density at radius 1 is 1.53 bits per heavy atom. The van der Waals surface area contributed by atoms with E-state index < -0.39 is 0 Å². The molecule has 0 N–H and O–H groups in total. The summed E-state index contributed by atoms with van der Waals surface area (Å²) in [6.45, 7) is 0. The van der Waals surface area contributed by atoms with Crippen LogP contribution in [-0.4, -0.2) is 34.1 Å². The van der Waals surface area contributed by atoms with Gasteiger partial charge in [-0.05, 0) is 38.5 Å². The van der Waals surface area contributed by atoms with Crippen LogP contribution in [0.15, 0.2) is 6.20 Å². The molecule has 2 atom stereocenters. The third kappa shape index (κ3) is 3.42. The first-order valence-electron chi connectivity index (χ1n) is 6.33. The standard InChI is InChI=1S/C12H20ClN3O/c1-17-12-6-2-5-11(8-12)16-9-10(14-15-16)4-3-7-13/h9,11-12H,2-8H2,1H3. The number of aromatic nitrogens is 3. The molecule has 1 fully saturated rings. The van der Waals surface area contributed by atoms with Gasteiger partial charge in [-0.3, -0.25) is 0 Å². The van der Waals surface area contributed by atoms with Crippen molar-refractivity contribution >= 4 is 11.6 Å². The van der Waals surface area contributed by atoms with Crippen molar-refractivity contribution in [2.45, 2.75) is 50.7 Å². The van der Waals surface area contributed by atoms with Crippen molar-refractivity contribution < 1.29 is 4.74 Å². The Kier molecular flexibility index (Phi) is 4.80. The van der Waals surface area contributed by atoms with Gasteiger partial charge in [-0.2, -0.15) is 0 Å². The van der Waals surface area contributed by atoms with Crippen LogP contribution in [0, 0.1) is 0 Å².